The molecule has 0 N–H and O–H groups in total. The van der Waals surface area contributed by atoms with Crippen molar-refractivity contribution in [1.82, 2.24) is 0 Å². The van der Waals surface area contributed by atoms with E-state index in [9.17, 15) is 4.79 Å². The Morgan fingerprint density at radius 3 is 2.60 bits per heavy atom. The molecule has 108 valence electrons. The second-order valence-electron chi connectivity index (χ2n) is 4.00. The predicted molar refractivity (Wildman–Crippen MR) is 79.1 cm³/mol. The largest absolute Gasteiger partial charge is 0.490 e. The van der Waals surface area contributed by atoms with Crippen LogP contribution in [0.25, 0.3) is 6.08 Å². The number of ether oxygens (including phenoxy) is 3. The highest BCUT2D eigenvalue weighted by molar-refractivity contribution is 5.71. The van der Waals surface area contributed by atoms with Crippen LogP contribution in [-0.4, -0.2) is 26.3 Å². The fourth-order valence-corrected chi connectivity index (χ4v) is 1.73. The van der Waals surface area contributed by atoms with Gasteiger partial charge in [-0.05, 0) is 31.0 Å². The minimum atomic E-state index is -0.440. The molecule has 0 aliphatic heterocycles. The van der Waals surface area contributed by atoms with Crippen LogP contribution in [0.2, 0.25) is 0 Å². The van der Waals surface area contributed by atoms with Gasteiger partial charge in [-0.25, -0.2) is 4.79 Å². The van der Waals surface area contributed by atoms with Crippen LogP contribution in [0.3, 0.4) is 0 Å². The van der Waals surface area contributed by atoms with Gasteiger partial charge in [0.2, 0.25) is 0 Å². The Balaban J connectivity index is 3.15. The normalized spacial score (nSPS) is 9.70. The van der Waals surface area contributed by atoms with E-state index in [0.29, 0.717) is 24.5 Å². The van der Waals surface area contributed by atoms with Crippen molar-refractivity contribution in [2.75, 3.05) is 20.3 Å². The summed E-state index contributed by atoms with van der Waals surface area (Å²) in [7, 11) is 1.32. The van der Waals surface area contributed by atoms with Gasteiger partial charge in [0.15, 0.2) is 18.1 Å². The van der Waals surface area contributed by atoms with Crippen molar-refractivity contribution >= 4 is 12.0 Å². The van der Waals surface area contributed by atoms with E-state index in [4.69, 9.17) is 9.47 Å². The van der Waals surface area contributed by atoms with Crippen molar-refractivity contribution in [2.24, 2.45) is 0 Å². The van der Waals surface area contributed by atoms with Crippen LogP contribution < -0.4 is 9.47 Å². The summed E-state index contributed by atoms with van der Waals surface area (Å²) in [5.74, 6) is 0.693. The van der Waals surface area contributed by atoms with Crippen molar-refractivity contribution in [2.45, 2.75) is 13.3 Å². The van der Waals surface area contributed by atoms with Gasteiger partial charge >= 0.3 is 5.97 Å². The molecule has 4 nitrogen and oxygen atoms in total. The lowest BCUT2D eigenvalue weighted by Gasteiger charge is -2.16. The van der Waals surface area contributed by atoms with Gasteiger partial charge in [-0.2, -0.15) is 0 Å². The standard InChI is InChI=1S/C16H20O4/c1-5-8-13-9-12(6-2)10-14(19-7-3)16(13)20-11-15(17)18-4/h5-6,9-10H,1-2,7-8,11H2,3-4H3. The van der Waals surface area contributed by atoms with Gasteiger partial charge in [-0.15, -0.1) is 6.58 Å². The first-order valence-electron chi connectivity index (χ1n) is 6.38. The molecule has 0 fully saturated rings. The van der Waals surface area contributed by atoms with Crippen molar-refractivity contribution in [3.8, 4) is 11.5 Å². The molecule has 0 aliphatic carbocycles. The SMILES string of the molecule is C=CCc1cc(C=C)cc(OCC)c1OCC(=O)OC. The molecule has 1 rings (SSSR count). The predicted octanol–water partition coefficient (Wildman–Crippen LogP) is 3.01. The molecular weight excluding hydrogens is 256 g/mol. The Morgan fingerprint density at radius 2 is 2.05 bits per heavy atom. The average molecular weight is 276 g/mol. The second kappa shape index (κ2) is 8.04. The van der Waals surface area contributed by atoms with E-state index in [-0.39, 0.29) is 6.61 Å². The number of hydrogen-bond donors (Lipinski definition) is 0. The molecule has 0 saturated carbocycles. The summed E-state index contributed by atoms with van der Waals surface area (Å²) in [4.78, 5) is 11.2. The number of allylic oxidation sites excluding steroid dienone is 1. The van der Waals surface area contributed by atoms with Crippen LogP contribution in [0, 0.1) is 0 Å². The molecule has 0 radical (unpaired) electrons. The highest BCUT2D eigenvalue weighted by atomic mass is 16.6. The Labute approximate surface area is 119 Å². The first kappa shape index (κ1) is 15.8. The highest BCUT2D eigenvalue weighted by Gasteiger charge is 2.14. The van der Waals surface area contributed by atoms with Crippen LogP contribution in [0.15, 0.2) is 31.4 Å². The van der Waals surface area contributed by atoms with Crippen molar-refractivity contribution < 1.29 is 19.0 Å². The summed E-state index contributed by atoms with van der Waals surface area (Å²) < 4.78 is 15.7. The minimum Gasteiger partial charge on any atom is -0.490 e. The van der Waals surface area contributed by atoms with Crippen molar-refractivity contribution in [1.29, 1.82) is 0 Å². The van der Waals surface area contributed by atoms with Gasteiger partial charge in [0.1, 0.15) is 0 Å². The fourth-order valence-electron chi connectivity index (χ4n) is 1.73. The highest BCUT2D eigenvalue weighted by Crippen LogP contribution is 2.34. The summed E-state index contributed by atoms with van der Waals surface area (Å²) in [5, 5.41) is 0. The summed E-state index contributed by atoms with van der Waals surface area (Å²) in [5.41, 5.74) is 1.82. The molecule has 4 heteroatoms. The van der Waals surface area contributed by atoms with Crippen molar-refractivity contribution in [3.63, 3.8) is 0 Å². The van der Waals surface area contributed by atoms with E-state index in [1.165, 1.54) is 7.11 Å². The molecule has 0 bridgehead atoms. The van der Waals surface area contributed by atoms with E-state index in [1.807, 2.05) is 19.1 Å². The zero-order valence-electron chi connectivity index (χ0n) is 12.0. The van der Waals surface area contributed by atoms with Crippen LogP contribution in [0.4, 0.5) is 0 Å². The molecule has 0 aliphatic rings. The molecular formula is C16H20O4. The van der Waals surface area contributed by atoms with E-state index in [2.05, 4.69) is 17.9 Å². The lowest BCUT2D eigenvalue weighted by molar-refractivity contribution is -0.142. The maximum Gasteiger partial charge on any atom is 0.343 e. The van der Waals surface area contributed by atoms with E-state index >= 15 is 0 Å². The average Bonchev–Trinajstić information content (AvgIpc) is 2.46. The van der Waals surface area contributed by atoms with E-state index in [0.717, 1.165) is 11.1 Å². The molecule has 0 saturated heterocycles. The number of rotatable bonds is 8. The van der Waals surface area contributed by atoms with Crippen molar-refractivity contribution in [3.05, 3.63) is 42.5 Å². The Hall–Kier alpha value is -2.23. The van der Waals surface area contributed by atoms with E-state index < -0.39 is 5.97 Å². The monoisotopic (exact) mass is 276 g/mol. The van der Waals surface area contributed by atoms with Gasteiger partial charge < -0.3 is 14.2 Å². The number of benzene rings is 1. The first-order chi connectivity index (χ1) is 9.65. The van der Waals surface area contributed by atoms with E-state index in [1.54, 1.807) is 12.2 Å². The van der Waals surface area contributed by atoms with Gasteiger partial charge in [-0.3, -0.25) is 0 Å². The minimum absolute atomic E-state index is 0.159. The smallest absolute Gasteiger partial charge is 0.343 e. The molecule has 1 aromatic carbocycles. The number of methoxy groups -OCH3 is 1. The third-order valence-electron chi connectivity index (χ3n) is 2.62. The number of esters is 1. The topological polar surface area (TPSA) is 44.8 Å². The summed E-state index contributed by atoms with van der Waals surface area (Å²) >= 11 is 0. The fraction of sp³-hybridized carbons (Fsp3) is 0.312. The molecule has 0 amide bonds. The van der Waals surface area contributed by atoms with Gasteiger partial charge in [0, 0.05) is 5.56 Å². The summed E-state index contributed by atoms with van der Waals surface area (Å²) in [6, 6.07) is 3.76. The van der Waals surface area contributed by atoms with Crippen LogP contribution >= 0.6 is 0 Å². The molecule has 0 spiro atoms. The Morgan fingerprint density at radius 1 is 1.30 bits per heavy atom. The number of carbonyl (C=O) groups excluding carboxylic acids is 1. The molecule has 1 aromatic rings. The molecule has 0 heterocycles. The quantitative estimate of drug-likeness (QED) is 0.541. The second-order valence-corrected chi connectivity index (χ2v) is 4.00. The molecule has 0 atom stereocenters. The van der Waals surface area contributed by atoms with Gasteiger partial charge in [0.25, 0.3) is 0 Å². The zero-order valence-corrected chi connectivity index (χ0v) is 12.0. The molecule has 0 unspecified atom stereocenters. The van der Waals surface area contributed by atoms with Crippen LogP contribution in [-0.2, 0) is 16.0 Å². The summed E-state index contributed by atoms with van der Waals surface area (Å²) in [6.45, 7) is 9.71. The Kier molecular flexibility index (Phi) is 6.37. The first-order valence-corrected chi connectivity index (χ1v) is 6.38. The van der Waals surface area contributed by atoms with Crippen LogP contribution in [0.1, 0.15) is 18.1 Å². The molecule has 20 heavy (non-hydrogen) atoms. The third kappa shape index (κ3) is 4.16. The van der Waals surface area contributed by atoms with Crippen LogP contribution in [0.5, 0.6) is 11.5 Å². The lowest BCUT2D eigenvalue weighted by Crippen LogP contribution is -2.14. The molecule has 0 aromatic heterocycles. The third-order valence-corrected chi connectivity index (χ3v) is 2.62. The maximum absolute atomic E-state index is 11.2. The Bertz CT molecular complexity index is 491. The zero-order chi connectivity index (χ0) is 15.0. The van der Waals surface area contributed by atoms with Gasteiger partial charge in [-0.1, -0.05) is 18.7 Å². The lowest BCUT2D eigenvalue weighted by atomic mass is 10.1. The number of carbonyl (C=O) groups is 1. The summed E-state index contributed by atoms with van der Waals surface area (Å²) in [6.07, 6.45) is 4.11. The number of hydrogen-bond acceptors (Lipinski definition) is 4. The maximum atomic E-state index is 11.2. The van der Waals surface area contributed by atoms with Gasteiger partial charge in [0.05, 0.1) is 13.7 Å².